The number of pyridine rings is 1. The molecule has 0 bridgehead atoms. The Bertz CT molecular complexity index is 1180. The number of amides is 1. The molecule has 2 aromatic rings. The zero-order valence-electron chi connectivity index (χ0n) is 19.2. The molecule has 0 spiro atoms. The van der Waals surface area contributed by atoms with Crippen molar-refractivity contribution >= 4 is 23.0 Å². The van der Waals surface area contributed by atoms with E-state index < -0.39 is 40.4 Å². The smallest absolute Gasteiger partial charge is 0.408 e. The van der Waals surface area contributed by atoms with Crippen LogP contribution in [0.5, 0.6) is 0 Å². The number of ether oxygens (including phenoxy) is 2. The number of aliphatic hydroxyl groups is 1. The lowest BCUT2D eigenvalue weighted by Crippen LogP contribution is -2.41. The molecule has 2 N–H and O–H groups in total. The van der Waals surface area contributed by atoms with Gasteiger partial charge in [0.25, 0.3) is 0 Å². The van der Waals surface area contributed by atoms with Crippen molar-refractivity contribution in [1.82, 2.24) is 9.88 Å². The summed E-state index contributed by atoms with van der Waals surface area (Å²) >= 11 is 0. The Morgan fingerprint density at radius 1 is 1.30 bits per heavy atom. The maximum atomic E-state index is 15.4. The van der Waals surface area contributed by atoms with E-state index in [4.69, 9.17) is 9.47 Å². The quantitative estimate of drug-likeness (QED) is 0.640. The number of aromatic nitrogens is 1. The van der Waals surface area contributed by atoms with Gasteiger partial charge in [0.1, 0.15) is 17.0 Å². The number of carbonyl (C=O) groups is 2. The molecule has 0 radical (unpaired) electrons. The number of alkyl carbamates (subject to hydrolysis) is 1. The molecule has 2 fully saturated rings. The molecule has 0 aliphatic heterocycles. The van der Waals surface area contributed by atoms with Gasteiger partial charge < -0.3 is 24.5 Å². The molecule has 1 aromatic heterocycles. The van der Waals surface area contributed by atoms with Crippen LogP contribution in [0.1, 0.15) is 68.9 Å². The molecular weight excluding hydrogens is 431 g/mol. The van der Waals surface area contributed by atoms with Crippen LogP contribution in [0.15, 0.2) is 23.1 Å². The third kappa shape index (κ3) is 4.34. The number of hydrogen-bond donors (Lipinski definition) is 2. The monoisotopic (exact) mass is 460 g/mol. The lowest BCUT2D eigenvalue weighted by molar-refractivity contribution is 0.0481. The molecular formula is C24H29FN2O6. The van der Waals surface area contributed by atoms with Gasteiger partial charge in [0.15, 0.2) is 0 Å². The summed E-state index contributed by atoms with van der Waals surface area (Å²) in [7, 11) is 0. The van der Waals surface area contributed by atoms with Crippen molar-refractivity contribution in [2.75, 3.05) is 13.2 Å². The first-order chi connectivity index (χ1) is 15.5. The maximum Gasteiger partial charge on any atom is 0.408 e. The van der Waals surface area contributed by atoms with Crippen molar-refractivity contribution in [3.63, 3.8) is 0 Å². The second kappa shape index (κ2) is 8.13. The van der Waals surface area contributed by atoms with E-state index in [0.29, 0.717) is 11.9 Å². The minimum absolute atomic E-state index is 0.0716. The average Bonchev–Trinajstić information content (AvgIpc) is 3.63. The summed E-state index contributed by atoms with van der Waals surface area (Å²) < 4.78 is 27.6. The van der Waals surface area contributed by atoms with E-state index >= 15 is 4.39 Å². The lowest BCUT2D eigenvalue weighted by Gasteiger charge is -2.25. The number of halogens is 1. The highest BCUT2D eigenvalue weighted by Gasteiger charge is 2.58. The summed E-state index contributed by atoms with van der Waals surface area (Å²) in [6.07, 6.45) is 2.84. The molecule has 2 unspecified atom stereocenters. The number of fused-ring (bicyclic) bond motifs is 1. The van der Waals surface area contributed by atoms with Gasteiger partial charge in [-0.3, -0.25) is 4.79 Å². The van der Waals surface area contributed by atoms with E-state index in [1.54, 1.807) is 33.8 Å². The topological polar surface area (TPSA) is 107 Å². The molecule has 8 nitrogen and oxygen atoms in total. The summed E-state index contributed by atoms with van der Waals surface area (Å²) in [5.74, 6) is -1.83. The van der Waals surface area contributed by atoms with Gasteiger partial charge in [-0.1, -0.05) is 0 Å². The van der Waals surface area contributed by atoms with Crippen LogP contribution in [0, 0.1) is 11.7 Å². The highest BCUT2D eigenvalue weighted by Crippen LogP contribution is 2.53. The number of benzene rings is 1. The zero-order valence-corrected chi connectivity index (χ0v) is 19.2. The summed E-state index contributed by atoms with van der Waals surface area (Å²) in [5.41, 5.74) is -1.97. The number of esters is 1. The lowest BCUT2D eigenvalue weighted by atomic mass is 9.98. The van der Waals surface area contributed by atoms with Gasteiger partial charge in [0, 0.05) is 35.7 Å². The number of hydrogen-bond acceptors (Lipinski definition) is 6. The van der Waals surface area contributed by atoms with Gasteiger partial charge in [0.05, 0.1) is 17.7 Å². The van der Waals surface area contributed by atoms with Crippen LogP contribution < -0.4 is 10.7 Å². The Labute approximate surface area is 190 Å². The van der Waals surface area contributed by atoms with Crippen LogP contribution in [-0.4, -0.2) is 40.6 Å². The first kappa shape index (κ1) is 23.2. The molecule has 2 aliphatic carbocycles. The van der Waals surface area contributed by atoms with Crippen molar-refractivity contribution in [3.05, 3.63) is 45.5 Å². The summed E-state index contributed by atoms with van der Waals surface area (Å²) in [4.78, 5) is 37.8. The molecule has 2 saturated carbocycles. The third-order valence-electron chi connectivity index (χ3n) is 6.09. The van der Waals surface area contributed by atoms with E-state index in [2.05, 4.69) is 5.32 Å². The Balaban J connectivity index is 1.84. The molecule has 1 aromatic carbocycles. The van der Waals surface area contributed by atoms with Crippen molar-refractivity contribution in [3.8, 4) is 0 Å². The SMILES string of the molecule is CCOC(=O)c1cn(C2CC2)c2cc(C3(NC(=O)OC(C)(C)C)CC3CO)c(F)cc2c1=O. The number of rotatable bonds is 6. The van der Waals surface area contributed by atoms with Crippen molar-refractivity contribution < 1.29 is 28.6 Å². The van der Waals surface area contributed by atoms with E-state index in [-0.39, 0.29) is 35.8 Å². The second-order valence-electron chi connectivity index (χ2n) is 9.76. The first-order valence-corrected chi connectivity index (χ1v) is 11.2. The first-order valence-electron chi connectivity index (χ1n) is 11.2. The minimum atomic E-state index is -1.14. The molecule has 0 saturated heterocycles. The summed E-state index contributed by atoms with van der Waals surface area (Å²) in [6.45, 7) is 6.69. The molecule has 2 atom stereocenters. The standard InChI is InChI=1S/C24H29FN2O6/c1-5-32-21(30)16-11-27(14-6-7-14)19-9-17(18(25)8-15(19)20(16)29)24(10-13(24)12-28)26-22(31)33-23(2,3)4/h8-9,11,13-14,28H,5-7,10,12H2,1-4H3,(H,26,31). The average molecular weight is 461 g/mol. The Kier molecular flexibility index (Phi) is 5.72. The van der Waals surface area contributed by atoms with Crippen LogP contribution in [0.25, 0.3) is 10.9 Å². The van der Waals surface area contributed by atoms with Gasteiger partial charge in [-0.25, -0.2) is 14.0 Å². The molecule has 1 amide bonds. The van der Waals surface area contributed by atoms with Gasteiger partial charge >= 0.3 is 12.1 Å². The van der Waals surface area contributed by atoms with Gasteiger partial charge in [0.2, 0.25) is 5.43 Å². The fourth-order valence-corrected chi connectivity index (χ4v) is 4.31. The highest BCUT2D eigenvalue weighted by molar-refractivity contribution is 5.94. The molecule has 2 aliphatic rings. The summed E-state index contributed by atoms with van der Waals surface area (Å²) in [5, 5.41) is 12.6. The highest BCUT2D eigenvalue weighted by atomic mass is 19.1. The predicted octanol–water partition coefficient (Wildman–Crippen LogP) is 3.38. The van der Waals surface area contributed by atoms with E-state index in [1.807, 2.05) is 4.57 Å². The minimum Gasteiger partial charge on any atom is -0.462 e. The Hall–Kier alpha value is -2.94. The van der Waals surface area contributed by atoms with Crippen LogP contribution >= 0.6 is 0 Å². The number of nitrogens with zero attached hydrogens (tertiary/aromatic N) is 1. The van der Waals surface area contributed by atoms with Gasteiger partial charge in [-0.05, 0) is 59.1 Å². The van der Waals surface area contributed by atoms with Crippen molar-refractivity contribution in [1.29, 1.82) is 0 Å². The van der Waals surface area contributed by atoms with Crippen LogP contribution in [-0.2, 0) is 15.0 Å². The predicted molar refractivity (Wildman–Crippen MR) is 119 cm³/mol. The van der Waals surface area contributed by atoms with Crippen molar-refractivity contribution in [2.45, 2.75) is 64.1 Å². The van der Waals surface area contributed by atoms with Crippen LogP contribution in [0.2, 0.25) is 0 Å². The Morgan fingerprint density at radius 3 is 2.55 bits per heavy atom. The van der Waals surface area contributed by atoms with Crippen LogP contribution in [0.4, 0.5) is 9.18 Å². The molecule has 4 rings (SSSR count). The van der Waals surface area contributed by atoms with Gasteiger partial charge in [-0.15, -0.1) is 0 Å². The van der Waals surface area contributed by atoms with E-state index in [0.717, 1.165) is 18.9 Å². The van der Waals surface area contributed by atoms with E-state index in [1.165, 1.54) is 6.20 Å². The second-order valence-corrected chi connectivity index (χ2v) is 9.76. The fraction of sp³-hybridized carbons (Fsp3) is 0.542. The number of carbonyl (C=O) groups excluding carboxylic acids is 2. The van der Waals surface area contributed by atoms with Crippen LogP contribution in [0.3, 0.4) is 0 Å². The largest absolute Gasteiger partial charge is 0.462 e. The fourth-order valence-electron chi connectivity index (χ4n) is 4.31. The van der Waals surface area contributed by atoms with Gasteiger partial charge in [-0.2, -0.15) is 0 Å². The molecule has 9 heteroatoms. The molecule has 178 valence electrons. The van der Waals surface area contributed by atoms with Crippen molar-refractivity contribution in [2.24, 2.45) is 5.92 Å². The Morgan fingerprint density at radius 2 is 2.00 bits per heavy atom. The normalized spacial score (nSPS) is 22.2. The molecule has 33 heavy (non-hydrogen) atoms. The number of aliphatic hydroxyl groups excluding tert-OH is 1. The maximum absolute atomic E-state index is 15.4. The third-order valence-corrected chi connectivity index (χ3v) is 6.09. The number of nitrogens with one attached hydrogen (secondary N) is 1. The summed E-state index contributed by atoms with van der Waals surface area (Å²) in [6, 6.07) is 2.74. The zero-order chi connectivity index (χ0) is 24.1. The van der Waals surface area contributed by atoms with E-state index in [9.17, 15) is 19.5 Å². The molecule has 1 heterocycles.